The zero-order chi connectivity index (χ0) is 10.2. The number of terminal acetylenes is 1. The minimum Gasteiger partial charge on any atom is -0.355 e. The third-order valence-corrected chi connectivity index (χ3v) is 2.20. The molecule has 1 saturated carbocycles. The molecular formula is C11H18N2O. The van der Waals surface area contributed by atoms with Gasteiger partial charge < -0.3 is 10.6 Å². The number of rotatable bonds is 7. The van der Waals surface area contributed by atoms with Gasteiger partial charge >= 0.3 is 0 Å². The molecule has 2 N–H and O–H groups in total. The Kier molecular flexibility index (Phi) is 5.09. The second-order valence-corrected chi connectivity index (χ2v) is 3.67. The maximum atomic E-state index is 11.2. The monoisotopic (exact) mass is 194 g/mol. The van der Waals surface area contributed by atoms with E-state index < -0.39 is 0 Å². The number of carbonyl (C=O) groups is 1. The Morgan fingerprint density at radius 2 is 2.21 bits per heavy atom. The van der Waals surface area contributed by atoms with Crippen LogP contribution in [-0.2, 0) is 4.79 Å². The quantitative estimate of drug-likeness (QED) is 0.462. The van der Waals surface area contributed by atoms with E-state index in [1.807, 2.05) is 0 Å². The van der Waals surface area contributed by atoms with Crippen molar-refractivity contribution in [2.75, 3.05) is 13.1 Å². The second kappa shape index (κ2) is 6.44. The van der Waals surface area contributed by atoms with Crippen LogP contribution in [0.3, 0.4) is 0 Å². The standard InChI is InChI=1S/C11H18N2O/c1-2-3-4-5-8-12-11(14)9-13-10-6-7-10/h1,10,13H,3-9H2,(H,12,14). The molecule has 0 aliphatic heterocycles. The highest BCUT2D eigenvalue weighted by molar-refractivity contribution is 5.77. The minimum atomic E-state index is 0.0950. The first-order valence-electron chi connectivity index (χ1n) is 5.26. The zero-order valence-electron chi connectivity index (χ0n) is 8.51. The lowest BCUT2D eigenvalue weighted by atomic mass is 10.2. The van der Waals surface area contributed by atoms with Crippen LogP contribution in [0.1, 0.15) is 32.1 Å². The molecule has 1 aliphatic carbocycles. The molecule has 3 heteroatoms. The van der Waals surface area contributed by atoms with Crippen LogP contribution < -0.4 is 10.6 Å². The molecule has 0 aromatic carbocycles. The van der Waals surface area contributed by atoms with E-state index in [0.717, 1.165) is 25.8 Å². The van der Waals surface area contributed by atoms with Crippen LogP contribution >= 0.6 is 0 Å². The van der Waals surface area contributed by atoms with Gasteiger partial charge in [-0.2, -0.15) is 0 Å². The number of hydrogen-bond donors (Lipinski definition) is 2. The molecule has 78 valence electrons. The highest BCUT2D eigenvalue weighted by atomic mass is 16.1. The van der Waals surface area contributed by atoms with Crippen molar-refractivity contribution in [3.8, 4) is 12.3 Å². The Balaban J connectivity index is 1.84. The van der Waals surface area contributed by atoms with Crippen LogP contribution in [0, 0.1) is 12.3 Å². The Morgan fingerprint density at radius 1 is 1.43 bits per heavy atom. The molecule has 3 nitrogen and oxygen atoms in total. The van der Waals surface area contributed by atoms with E-state index in [2.05, 4.69) is 16.6 Å². The van der Waals surface area contributed by atoms with E-state index in [0.29, 0.717) is 12.6 Å². The van der Waals surface area contributed by atoms with Crippen molar-refractivity contribution in [2.45, 2.75) is 38.1 Å². The fourth-order valence-corrected chi connectivity index (χ4v) is 1.17. The summed E-state index contributed by atoms with van der Waals surface area (Å²) in [5.41, 5.74) is 0. The molecule has 0 aromatic rings. The van der Waals surface area contributed by atoms with Crippen molar-refractivity contribution in [3.05, 3.63) is 0 Å². The molecule has 1 aliphatic rings. The Hall–Kier alpha value is -1.01. The topological polar surface area (TPSA) is 41.1 Å². The summed E-state index contributed by atoms with van der Waals surface area (Å²) in [5, 5.41) is 6.02. The first-order chi connectivity index (χ1) is 6.83. The Bertz CT molecular complexity index is 216. The fourth-order valence-electron chi connectivity index (χ4n) is 1.17. The van der Waals surface area contributed by atoms with Gasteiger partial charge in [0.1, 0.15) is 0 Å². The summed E-state index contributed by atoms with van der Waals surface area (Å²) in [4.78, 5) is 11.2. The summed E-state index contributed by atoms with van der Waals surface area (Å²) < 4.78 is 0. The van der Waals surface area contributed by atoms with Gasteiger partial charge in [0, 0.05) is 19.0 Å². The van der Waals surface area contributed by atoms with Crippen molar-refractivity contribution in [3.63, 3.8) is 0 Å². The van der Waals surface area contributed by atoms with Gasteiger partial charge in [0.05, 0.1) is 6.54 Å². The van der Waals surface area contributed by atoms with Crippen LogP contribution in [0.25, 0.3) is 0 Å². The number of hydrogen-bond acceptors (Lipinski definition) is 2. The van der Waals surface area contributed by atoms with Gasteiger partial charge in [0.15, 0.2) is 0 Å². The Labute approximate surface area is 85.6 Å². The molecule has 0 radical (unpaired) electrons. The lowest BCUT2D eigenvalue weighted by Crippen LogP contribution is -2.35. The van der Waals surface area contributed by atoms with Crippen LogP contribution in [0.15, 0.2) is 0 Å². The van der Waals surface area contributed by atoms with Crippen LogP contribution in [-0.4, -0.2) is 25.0 Å². The average molecular weight is 194 g/mol. The highest BCUT2D eigenvalue weighted by Gasteiger charge is 2.20. The summed E-state index contributed by atoms with van der Waals surface area (Å²) in [6.07, 6.45) is 10.3. The maximum absolute atomic E-state index is 11.2. The summed E-state index contributed by atoms with van der Waals surface area (Å²) in [6, 6.07) is 0.599. The number of amides is 1. The molecule has 0 spiro atoms. The van der Waals surface area contributed by atoms with E-state index in [1.54, 1.807) is 0 Å². The van der Waals surface area contributed by atoms with Gasteiger partial charge in [-0.1, -0.05) is 0 Å². The van der Waals surface area contributed by atoms with Gasteiger partial charge in [0.2, 0.25) is 5.91 Å². The maximum Gasteiger partial charge on any atom is 0.233 e. The predicted molar refractivity (Wildman–Crippen MR) is 56.7 cm³/mol. The summed E-state index contributed by atoms with van der Waals surface area (Å²) in [7, 11) is 0. The molecule has 0 aromatic heterocycles. The van der Waals surface area contributed by atoms with Crippen LogP contribution in [0.4, 0.5) is 0 Å². The molecule has 14 heavy (non-hydrogen) atoms. The fraction of sp³-hybridized carbons (Fsp3) is 0.727. The van der Waals surface area contributed by atoms with Gasteiger partial charge in [0.25, 0.3) is 0 Å². The smallest absolute Gasteiger partial charge is 0.233 e. The molecule has 0 bridgehead atoms. The van der Waals surface area contributed by atoms with E-state index >= 15 is 0 Å². The Morgan fingerprint density at radius 3 is 2.86 bits per heavy atom. The lowest BCUT2D eigenvalue weighted by molar-refractivity contribution is -0.120. The van der Waals surface area contributed by atoms with E-state index in [4.69, 9.17) is 6.42 Å². The van der Waals surface area contributed by atoms with Crippen molar-refractivity contribution in [2.24, 2.45) is 0 Å². The number of carbonyl (C=O) groups excluding carboxylic acids is 1. The summed E-state index contributed by atoms with van der Waals surface area (Å²) in [5.74, 6) is 2.67. The third-order valence-electron chi connectivity index (χ3n) is 2.20. The molecule has 0 saturated heterocycles. The van der Waals surface area contributed by atoms with Crippen molar-refractivity contribution < 1.29 is 4.79 Å². The SMILES string of the molecule is C#CCCCCNC(=O)CNC1CC1. The molecular weight excluding hydrogens is 176 g/mol. The van der Waals surface area contributed by atoms with Gasteiger partial charge in [-0.25, -0.2) is 0 Å². The average Bonchev–Trinajstić information content (AvgIpc) is 2.98. The van der Waals surface area contributed by atoms with Crippen molar-refractivity contribution >= 4 is 5.91 Å². The molecule has 1 fully saturated rings. The van der Waals surface area contributed by atoms with Crippen molar-refractivity contribution in [1.82, 2.24) is 10.6 Å². The second-order valence-electron chi connectivity index (χ2n) is 3.67. The lowest BCUT2D eigenvalue weighted by Gasteiger charge is -2.04. The highest BCUT2D eigenvalue weighted by Crippen LogP contribution is 2.17. The number of unbranched alkanes of at least 4 members (excludes halogenated alkanes) is 2. The van der Waals surface area contributed by atoms with Crippen molar-refractivity contribution in [1.29, 1.82) is 0 Å². The summed E-state index contributed by atoms with van der Waals surface area (Å²) >= 11 is 0. The molecule has 0 unspecified atom stereocenters. The third kappa shape index (κ3) is 5.60. The largest absolute Gasteiger partial charge is 0.355 e. The molecule has 1 rings (SSSR count). The van der Waals surface area contributed by atoms with E-state index in [1.165, 1.54) is 12.8 Å². The first-order valence-corrected chi connectivity index (χ1v) is 5.26. The normalized spacial score (nSPS) is 14.8. The van der Waals surface area contributed by atoms with Gasteiger partial charge in [-0.05, 0) is 25.7 Å². The van der Waals surface area contributed by atoms with Crippen LogP contribution in [0.5, 0.6) is 0 Å². The zero-order valence-corrected chi connectivity index (χ0v) is 8.51. The molecule has 0 heterocycles. The van der Waals surface area contributed by atoms with E-state index in [-0.39, 0.29) is 5.91 Å². The minimum absolute atomic E-state index is 0.0950. The molecule has 0 atom stereocenters. The van der Waals surface area contributed by atoms with Crippen LogP contribution in [0.2, 0.25) is 0 Å². The molecule has 1 amide bonds. The first kappa shape index (κ1) is 11.1. The number of nitrogens with one attached hydrogen (secondary N) is 2. The van der Waals surface area contributed by atoms with Gasteiger partial charge in [-0.15, -0.1) is 12.3 Å². The summed E-state index contributed by atoms with van der Waals surface area (Å²) in [6.45, 7) is 1.20. The predicted octanol–water partition coefficient (Wildman–Crippen LogP) is 0.658. The van der Waals surface area contributed by atoms with E-state index in [9.17, 15) is 4.79 Å². The van der Waals surface area contributed by atoms with Gasteiger partial charge in [-0.3, -0.25) is 4.79 Å².